The molecule has 230 valence electrons. The number of fused-ring (bicyclic) bond motifs is 6. The van der Waals surface area contributed by atoms with E-state index in [4.69, 9.17) is 0 Å². The molecule has 0 amide bonds. The van der Waals surface area contributed by atoms with Gasteiger partial charge in [-0.15, -0.1) is 11.3 Å². The highest BCUT2D eigenvalue weighted by molar-refractivity contribution is 7.25. The van der Waals surface area contributed by atoms with Crippen molar-refractivity contribution < 1.29 is 0 Å². The first kappa shape index (κ1) is 27.9. The molecule has 10 rings (SSSR count). The second-order valence-corrected chi connectivity index (χ2v) is 13.7. The normalized spacial score (nSPS) is 11.7. The van der Waals surface area contributed by atoms with Crippen LogP contribution in [0.5, 0.6) is 0 Å². The molecule has 0 atom stereocenters. The van der Waals surface area contributed by atoms with Crippen LogP contribution in [-0.2, 0) is 0 Å². The maximum atomic E-state index is 2.44. The molecule has 0 N–H and O–H groups in total. The molecule has 3 heteroatoms. The topological polar surface area (TPSA) is 8.17 Å². The summed E-state index contributed by atoms with van der Waals surface area (Å²) in [4.78, 5) is 2.44. The largest absolute Gasteiger partial charge is 0.317 e. The molecule has 49 heavy (non-hydrogen) atoms. The molecule has 10 aromatic rings. The van der Waals surface area contributed by atoms with Gasteiger partial charge in [0.15, 0.2) is 0 Å². The van der Waals surface area contributed by atoms with Crippen LogP contribution in [-0.4, -0.2) is 4.57 Å². The summed E-state index contributed by atoms with van der Waals surface area (Å²) in [6.45, 7) is 0. The summed E-state index contributed by atoms with van der Waals surface area (Å²) in [5.74, 6) is 0. The lowest BCUT2D eigenvalue weighted by atomic mass is 9.96. The van der Waals surface area contributed by atoms with E-state index in [-0.39, 0.29) is 0 Å². The third-order valence-corrected chi connectivity index (χ3v) is 10.9. The van der Waals surface area contributed by atoms with Gasteiger partial charge < -0.3 is 9.47 Å². The van der Waals surface area contributed by atoms with Gasteiger partial charge in [-0.3, -0.25) is 0 Å². The molecular formula is C46H30N2S. The Kier molecular flexibility index (Phi) is 6.39. The SMILES string of the molecule is c1ccc(-n2ccc3ccc(-c4cccc5c(N(c6ccc7ccccc7c6)c6ccc7c(c6)sc6ccccc67)cccc45)cc32)cc1. The third-order valence-electron chi connectivity index (χ3n) is 9.79. The molecule has 0 saturated carbocycles. The number of hydrogen-bond acceptors (Lipinski definition) is 2. The molecule has 2 nitrogen and oxygen atoms in total. The van der Waals surface area contributed by atoms with E-state index < -0.39 is 0 Å². The first-order valence-corrected chi connectivity index (χ1v) is 17.5. The summed E-state index contributed by atoms with van der Waals surface area (Å²) >= 11 is 1.86. The van der Waals surface area contributed by atoms with E-state index in [1.165, 1.54) is 63.7 Å². The second kappa shape index (κ2) is 11.2. The highest BCUT2D eigenvalue weighted by atomic mass is 32.1. The van der Waals surface area contributed by atoms with Gasteiger partial charge in [-0.1, -0.05) is 115 Å². The smallest absolute Gasteiger partial charge is 0.0540 e. The van der Waals surface area contributed by atoms with E-state index in [1.54, 1.807) is 0 Å². The van der Waals surface area contributed by atoms with Crippen LogP contribution in [0, 0.1) is 0 Å². The molecule has 2 aromatic heterocycles. The van der Waals surface area contributed by atoms with Gasteiger partial charge >= 0.3 is 0 Å². The van der Waals surface area contributed by atoms with Gasteiger partial charge in [0.25, 0.3) is 0 Å². The number of benzene rings is 8. The van der Waals surface area contributed by atoms with Gasteiger partial charge in [-0.25, -0.2) is 0 Å². The third kappa shape index (κ3) is 4.62. The quantitative estimate of drug-likeness (QED) is 0.181. The lowest BCUT2D eigenvalue weighted by molar-refractivity contribution is 1.13. The molecule has 0 radical (unpaired) electrons. The number of rotatable bonds is 5. The van der Waals surface area contributed by atoms with Crippen molar-refractivity contribution in [2.75, 3.05) is 4.90 Å². The summed E-state index contributed by atoms with van der Waals surface area (Å²) in [6, 6.07) is 64.2. The van der Waals surface area contributed by atoms with Crippen molar-refractivity contribution in [3.05, 3.63) is 182 Å². The molecule has 0 bridgehead atoms. The van der Waals surface area contributed by atoms with Gasteiger partial charge in [0.05, 0.1) is 11.2 Å². The summed E-state index contributed by atoms with van der Waals surface area (Å²) in [5.41, 5.74) is 8.23. The highest BCUT2D eigenvalue weighted by Crippen LogP contribution is 2.44. The zero-order valence-corrected chi connectivity index (χ0v) is 27.4. The zero-order valence-electron chi connectivity index (χ0n) is 26.6. The molecule has 0 fully saturated rings. The predicted molar refractivity (Wildman–Crippen MR) is 211 cm³/mol. The van der Waals surface area contributed by atoms with E-state index in [0.717, 1.165) is 22.7 Å². The van der Waals surface area contributed by atoms with E-state index in [2.05, 4.69) is 192 Å². The summed E-state index contributed by atoms with van der Waals surface area (Å²) in [6.07, 6.45) is 2.17. The second-order valence-electron chi connectivity index (χ2n) is 12.6. The Morgan fingerprint density at radius 2 is 1.14 bits per heavy atom. The summed E-state index contributed by atoms with van der Waals surface area (Å²) in [7, 11) is 0. The average molecular weight is 643 g/mol. The number of anilines is 3. The molecule has 0 aliphatic heterocycles. The van der Waals surface area contributed by atoms with Crippen LogP contribution in [0.2, 0.25) is 0 Å². The van der Waals surface area contributed by atoms with Gasteiger partial charge in [-0.05, 0) is 93.3 Å². The van der Waals surface area contributed by atoms with E-state index >= 15 is 0 Å². The predicted octanol–water partition coefficient (Wildman–Crippen LogP) is 13.4. The minimum atomic E-state index is 1.14. The fraction of sp³-hybridized carbons (Fsp3) is 0. The van der Waals surface area contributed by atoms with Crippen LogP contribution in [0.3, 0.4) is 0 Å². The lowest BCUT2D eigenvalue weighted by Gasteiger charge is -2.27. The Labute approximate surface area is 288 Å². The Hall–Kier alpha value is -6.16. The number of aromatic nitrogens is 1. The van der Waals surface area contributed by atoms with Crippen LogP contribution in [0.25, 0.3) is 69.4 Å². The molecular weight excluding hydrogens is 613 g/mol. The highest BCUT2D eigenvalue weighted by Gasteiger charge is 2.19. The summed E-state index contributed by atoms with van der Waals surface area (Å²) < 4.78 is 4.89. The molecule has 0 spiro atoms. The Balaban J connectivity index is 1.18. The number of para-hydroxylation sites is 1. The van der Waals surface area contributed by atoms with Crippen molar-refractivity contribution in [3.63, 3.8) is 0 Å². The van der Waals surface area contributed by atoms with Gasteiger partial charge in [0.1, 0.15) is 0 Å². The van der Waals surface area contributed by atoms with Crippen molar-refractivity contribution in [2.45, 2.75) is 0 Å². The number of nitrogens with zero attached hydrogens (tertiary/aromatic N) is 2. The minimum absolute atomic E-state index is 1.14. The van der Waals surface area contributed by atoms with Gasteiger partial charge in [-0.2, -0.15) is 0 Å². The Morgan fingerprint density at radius 1 is 0.429 bits per heavy atom. The molecule has 0 unspecified atom stereocenters. The van der Waals surface area contributed by atoms with Crippen molar-refractivity contribution in [1.29, 1.82) is 0 Å². The molecule has 2 heterocycles. The minimum Gasteiger partial charge on any atom is -0.317 e. The van der Waals surface area contributed by atoms with Crippen LogP contribution in [0.1, 0.15) is 0 Å². The standard InChI is InChI=1S/C46H30N2S/c1-2-12-35(13-3-1)47-27-26-32-20-21-34(29-44(32)47)38-15-8-17-40-39(38)16-9-18-43(40)48(36-23-22-31-10-4-5-11-33(31)28-36)37-24-25-42-41-14-6-7-19-45(41)49-46(42)30-37/h1-30H. The van der Waals surface area contributed by atoms with E-state index in [9.17, 15) is 0 Å². The number of hydrogen-bond donors (Lipinski definition) is 0. The Bertz CT molecular complexity index is 2840. The summed E-state index contributed by atoms with van der Waals surface area (Å²) in [5, 5.41) is 8.75. The van der Waals surface area contributed by atoms with Crippen molar-refractivity contribution in [2.24, 2.45) is 0 Å². The van der Waals surface area contributed by atoms with Crippen molar-refractivity contribution in [1.82, 2.24) is 4.57 Å². The molecule has 0 aliphatic rings. The maximum absolute atomic E-state index is 2.44. The maximum Gasteiger partial charge on any atom is 0.0540 e. The Morgan fingerprint density at radius 3 is 2.08 bits per heavy atom. The fourth-order valence-corrected chi connectivity index (χ4v) is 8.59. The van der Waals surface area contributed by atoms with Gasteiger partial charge in [0, 0.05) is 48.8 Å². The monoisotopic (exact) mass is 642 g/mol. The van der Waals surface area contributed by atoms with E-state index in [0.29, 0.717) is 0 Å². The first-order chi connectivity index (χ1) is 24.3. The molecule has 8 aromatic carbocycles. The number of thiophene rings is 1. The lowest BCUT2D eigenvalue weighted by Crippen LogP contribution is -2.10. The molecule has 0 aliphatic carbocycles. The zero-order chi connectivity index (χ0) is 32.3. The van der Waals surface area contributed by atoms with Crippen LogP contribution in [0.15, 0.2) is 182 Å². The molecule has 0 saturated heterocycles. The van der Waals surface area contributed by atoms with Crippen LogP contribution in [0.4, 0.5) is 17.1 Å². The average Bonchev–Trinajstić information content (AvgIpc) is 3.76. The van der Waals surface area contributed by atoms with E-state index in [1.807, 2.05) is 11.3 Å². The van der Waals surface area contributed by atoms with Crippen molar-refractivity contribution >= 4 is 81.0 Å². The van der Waals surface area contributed by atoms with Gasteiger partial charge in [0.2, 0.25) is 0 Å². The van der Waals surface area contributed by atoms with Crippen LogP contribution < -0.4 is 4.90 Å². The fourth-order valence-electron chi connectivity index (χ4n) is 7.45. The van der Waals surface area contributed by atoms with Crippen LogP contribution >= 0.6 is 11.3 Å². The first-order valence-electron chi connectivity index (χ1n) is 16.7. The van der Waals surface area contributed by atoms with Crippen molar-refractivity contribution in [3.8, 4) is 16.8 Å².